The molecule has 0 saturated carbocycles. The first-order chi connectivity index (χ1) is 2.00. The number of hydrogen-bond acceptors (Lipinski definition) is 2. The zero-order valence-corrected chi connectivity index (χ0v) is 6.61. The van der Waals surface area contributed by atoms with Gasteiger partial charge in [-0.3, -0.25) is 0 Å². The quantitative estimate of drug-likeness (QED) is 0.328. The first-order valence-corrected chi connectivity index (χ1v) is 6.60. The summed E-state index contributed by atoms with van der Waals surface area (Å²) in [6.07, 6.45) is 0. The van der Waals surface area contributed by atoms with Gasteiger partial charge in [0.25, 0.3) is 0 Å². The Hall–Kier alpha value is 1.55. The summed E-state index contributed by atoms with van der Waals surface area (Å²) in [6, 6.07) is 0. The zero-order valence-electron chi connectivity index (χ0n) is 2.67. The third-order valence-corrected chi connectivity index (χ3v) is 0. The van der Waals surface area contributed by atoms with E-state index in [4.69, 9.17) is 4.55 Å². The van der Waals surface area contributed by atoms with Crippen LogP contribution in [0, 0.1) is 0 Å². The Labute approximate surface area is 60.2 Å². The summed E-state index contributed by atoms with van der Waals surface area (Å²) in [6.45, 7) is 0. The SMILES string of the molecule is O=[S](=O)(O)[K]. The van der Waals surface area contributed by atoms with Crippen molar-refractivity contribution in [1.29, 1.82) is 0 Å². The molecule has 0 atom stereocenters. The van der Waals surface area contributed by atoms with E-state index in [1.165, 1.54) is 0 Å². The average Bonchev–Trinajstić information content (AvgIpc) is 0.722. The van der Waals surface area contributed by atoms with Gasteiger partial charge in [0.2, 0.25) is 0 Å². The molecule has 0 rings (SSSR count). The van der Waals surface area contributed by atoms with Crippen LogP contribution in [0.1, 0.15) is 0 Å². The fourth-order valence-corrected chi connectivity index (χ4v) is 0. The van der Waals surface area contributed by atoms with Gasteiger partial charge in [-0.1, -0.05) is 0 Å². The van der Waals surface area contributed by atoms with E-state index in [2.05, 4.69) is 0 Å². The van der Waals surface area contributed by atoms with Crippen LogP contribution in [-0.4, -0.2) is 59.7 Å². The summed E-state index contributed by atoms with van der Waals surface area (Å²) in [7, 11) is 0. The second-order valence-electron chi connectivity index (χ2n) is 0.733. The Morgan fingerprint density at radius 2 is 1.60 bits per heavy atom. The molecule has 0 aromatic carbocycles. The van der Waals surface area contributed by atoms with Gasteiger partial charge in [0.1, 0.15) is 0 Å². The molecule has 0 aliphatic carbocycles. The summed E-state index contributed by atoms with van der Waals surface area (Å²) in [4.78, 5) is 0. The topological polar surface area (TPSA) is 54.4 Å². The van der Waals surface area contributed by atoms with E-state index in [9.17, 15) is 8.42 Å². The monoisotopic (exact) mass is 120 g/mol. The molecule has 0 radical (unpaired) electrons. The minimum atomic E-state index is -3.48. The molecule has 0 heterocycles. The van der Waals surface area contributed by atoms with Crippen LogP contribution >= 0.6 is 0 Å². The van der Waals surface area contributed by atoms with Crippen LogP contribution in [0.3, 0.4) is 0 Å². The Morgan fingerprint density at radius 1 is 1.60 bits per heavy atom. The summed E-state index contributed by atoms with van der Waals surface area (Å²) in [5.74, 6) is 0. The van der Waals surface area contributed by atoms with Gasteiger partial charge in [-0.2, -0.15) is 0 Å². The number of hydrogen-bond donors (Lipinski definition) is 1. The molecule has 5 heteroatoms. The molecule has 0 unspecified atom stereocenters. The van der Waals surface area contributed by atoms with Gasteiger partial charge in [0.05, 0.1) is 0 Å². The maximum atomic E-state index is 9.27. The molecule has 0 saturated heterocycles. The molecule has 0 aliphatic rings. The van der Waals surface area contributed by atoms with Crippen molar-refractivity contribution in [3.8, 4) is 0 Å². The predicted octanol–water partition coefficient (Wildman–Crippen LogP) is -1.04. The van der Waals surface area contributed by atoms with Crippen molar-refractivity contribution in [3.05, 3.63) is 0 Å². The Kier molecular flexibility index (Phi) is 2.64. The Bertz CT molecular complexity index is 90.1. The van der Waals surface area contributed by atoms with Crippen LogP contribution < -0.4 is 0 Å². The first-order valence-electron chi connectivity index (χ1n) is 0.924. The summed E-state index contributed by atoms with van der Waals surface area (Å²) >= 11 is -0.472. The second-order valence-corrected chi connectivity index (χ2v) is 7.03. The third-order valence-electron chi connectivity index (χ3n) is 0. The fraction of sp³-hybridized carbons (Fsp3) is 0. The van der Waals surface area contributed by atoms with Crippen molar-refractivity contribution in [2.75, 3.05) is 0 Å². The summed E-state index contributed by atoms with van der Waals surface area (Å²) < 4.78 is 22.6. The molecular formula is HKO3S. The standard InChI is InChI=1S/K.HO3S/c;1-4(2)3/h;(H,1,2,3). The minimum absolute atomic E-state index is 0.472. The third kappa shape index (κ3) is 29.2. The van der Waals surface area contributed by atoms with Crippen LogP contribution in [0.25, 0.3) is 0 Å². The van der Waals surface area contributed by atoms with E-state index in [0.717, 1.165) is 0 Å². The first kappa shape index (κ1) is 6.55. The molecular weight excluding hydrogens is 119 g/mol. The van der Waals surface area contributed by atoms with Gasteiger partial charge in [0, 0.05) is 0 Å². The Balaban J connectivity index is 4.06. The van der Waals surface area contributed by atoms with Crippen molar-refractivity contribution in [1.82, 2.24) is 0 Å². The predicted molar refractivity (Wildman–Crippen MR) is 17.3 cm³/mol. The molecule has 0 aromatic rings. The van der Waals surface area contributed by atoms with Crippen LogP contribution in [0.15, 0.2) is 0 Å². The van der Waals surface area contributed by atoms with Gasteiger partial charge in [-0.15, -0.1) is 0 Å². The molecule has 0 spiro atoms. The summed E-state index contributed by atoms with van der Waals surface area (Å²) in [5.41, 5.74) is 0. The second kappa shape index (κ2) is 2.01. The van der Waals surface area contributed by atoms with Gasteiger partial charge in [-0.25, -0.2) is 0 Å². The van der Waals surface area contributed by atoms with E-state index in [0.29, 0.717) is 0 Å². The van der Waals surface area contributed by atoms with Gasteiger partial charge in [-0.05, 0) is 0 Å². The van der Waals surface area contributed by atoms with E-state index < -0.39 is 48.6 Å². The molecule has 26 valence electrons. The van der Waals surface area contributed by atoms with Crippen molar-refractivity contribution >= 4 is 48.6 Å². The van der Waals surface area contributed by atoms with E-state index in [-0.39, 0.29) is 0 Å². The van der Waals surface area contributed by atoms with Crippen molar-refractivity contribution in [2.45, 2.75) is 0 Å². The van der Waals surface area contributed by atoms with E-state index in [1.54, 1.807) is 0 Å². The van der Waals surface area contributed by atoms with Crippen LogP contribution in [0.2, 0.25) is 0 Å². The summed E-state index contributed by atoms with van der Waals surface area (Å²) in [5, 5.41) is 0. The number of rotatable bonds is 0. The molecule has 3 nitrogen and oxygen atoms in total. The van der Waals surface area contributed by atoms with E-state index in [1.807, 2.05) is 0 Å². The van der Waals surface area contributed by atoms with Crippen molar-refractivity contribution in [3.63, 3.8) is 0 Å². The van der Waals surface area contributed by atoms with Gasteiger partial charge >= 0.3 is 61.6 Å². The molecule has 5 heavy (non-hydrogen) atoms. The molecule has 0 aliphatic heterocycles. The van der Waals surface area contributed by atoms with Gasteiger partial charge in [0.15, 0.2) is 0 Å². The maximum absolute atomic E-state index is 9.27. The molecule has 0 bridgehead atoms. The van der Waals surface area contributed by atoms with Crippen molar-refractivity contribution in [2.24, 2.45) is 0 Å². The molecule has 0 amide bonds. The molecule has 0 aromatic heterocycles. The van der Waals surface area contributed by atoms with Crippen LogP contribution in [-0.2, 0) is 1.91 Å². The normalized spacial score (nSPS) is 11.8. The average molecular weight is 120 g/mol. The molecule has 0 fully saturated rings. The Morgan fingerprint density at radius 3 is 1.60 bits per heavy atom. The molecule has 1 N–H and O–H groups in total. The van der Waals surface area contributed by atoms with E-state index >= 15 is 0 Å². The zero-order chi connectivity index (χ0) is 4.50. The van der Waals surface area contributed by atoms with Crippen LogP contribution in [0.5, 0.6) is 0 Å². The fourth-order valence-electron chi connectivity index (χ4n) is 0. The van der Waals surface area contributed by atoms with Crippen molar-refractivity contribution < 1.29 is 13.0 Å². The van der Waals surface area contributed by atoms with Gasteiger partial charge < -0.3 is 0 Å². The van der Waals surface area contributed by atoms with Crippen LogP contribution in [0.4, 0.5) is 0 Å².